The number of aliphatic hydroxyl groups excluding tert-OH is 1. The number of rotatable bonds is 8. The van der Waals surface area contributed by atoms with Gasteiger partial charge in [0.1, 0.15) is 5.75 Å². The van der Waals surface area contributed by atoms with Crippen LogP contribution in [-0.2, 0) is 4.79 Å². The van der Waals surface area contributed by atoms with Gasteiger partial charge in [-0.2, -0.15) is 0 Å². The monoisotopic (exact) mass is 350 g/mol. The Balaban J connectivity index is 2.35. The van der Waals surface area contributed by atoms with E-state index in [0.717, 1.165) is 12.1 Å². The van der Waals surface area contributed by atoms with Gasteiger partial charge in [-0.25, -0.2) is 4.79 Å². The highest BCUT2D eigenvalue weighted by Gasteiger charge is 2.31. The van der Waals surface area contributed by atoms with E-state index in [1.54, 1.807) is 0 Å². The number of ether oxygens (including phenoxy) is 1. The Kier molecular flexibility index (Phi) is 7.31. The Morgan fingerprint density at radius 1 is 1.17 bits per heavy atom. The number of hydrogen-bond acceptors (Lipinski definition) is 4. The number of carboxylic acid groups (broad SMARTS) is 1. The summed E-state index contributed by atoms with van der Waals surface area (Å²) in [7, 11) is 0. The van der Waals surface area contributed by atoms with Gasteiger partial charge in [0.15, 0.2) is 0 Å². The first-order valence-corrected chi connectivity index (χ1v) is 6.94. The minimum atomic E-state index is -4.79. The molecule has 0 aliphatic carbocycles. The van der Waals surface area contributed by atoms with Crippen molar-refractivity contribution in [2.24, 2.45) is 0 Å². The van der Waals surface area contributed by atoms with Crippen molar-refractivity contribution in [3.8, 4) is 5.75 Å². The number of aliphatic carboxylic acids is 1. The third kappa shape index (κ3) is 8.22. The maximum absolute atomic E-state index is 12.0. The first-order chi connectivity index (χ1) is 11.2. The van der Waals surface area contributed by atoms with Crippen molar-refractivity contribution in [2.45, 2.75) is 25.3 Å². The highest BCUT2D eigenvalue weighted by atomic mass is 19.4. The van der Waals surface area contributed by atoms with E-state index >= 15 is 0 Å². The second kappa shape index (κ2) is 8.96. The van der Waals surface area contributed by atoms with Crippen LogP contribution >= 0.6 is 0 Å². The highest BCUT2D eigenvalue weighted by molar-refractivity contribution is 5.74. The van der Waals surface area contributed by atoms with Crippen molar-refractivity contribution in [1.29, 1.82) is 0 Å². The Bertz CT molecular complexity index is 548. The quantitative estimate of drug-likeness (QED) is 0.535. The minimum Gasteiger partial charge on any atom is -0.481 e. The van der Waals surface area contributed by atoms with Gasteiger partial charge in [0.05, 0.1) is 6.10 Å². The van der Waals surface area contributed by atoms with E-state index in [0.29, 0.717) is 5.56 Å². The van der Waals surface area contributed by atoms with Crippen LogP contribution in [0.3, 0.4) is 0 Å². The molecule has 0 aliphatic heterocycles. The fraction of sp³-hybridized carbons (Fsp3) is 0.429. The molecule has 1 unspecified atom stereocenters. The fourth-order valence-corrected chi connectivity index (χ4v) is 1.70. The normalized spacial score (nSPS) is 12.3. The van der Waals surface area contributed by atoms with Gasteiger partial charge < -0.3 is 25.6 Å². The molecule has 1 atom stereocenters. The number of carbonyl (C=O) groups is 2. The van der Waals surface area contributed by atoms with E-state index in [2.05, 4.69) is 15.4 Å². The molecule has 0 radical (unpaired) electrons. The van der Waals surface area contributed by atoms with E-state index < -0.39 is 30.2 Å². The fourth-order valence-electron chi connectivity index (χ4n) is 1.70. The maximum atomic E-state index is 12.0. The lowest BCUT2D eigenvalue weighted by atomic mass is 10.1. The number of urea groups is 1. The van der Waals surface area contributed by atoms with Gasteiger partial charge in [-0.1, -0.05) is 12.1 Å². The summed E-state index contributed by atoms with van der Waals surface area (Å²) < 4.78 is 39.8. The molecule has 1 aromatic carbocycles. The van der Waals surface area contributed by atoms with Gasteiger partial charge in [-0.15, -0.1) is 13.2 Å². The van der Waals surface area contributed by atoms with Crippen molar-refractivity contribution in [1.82, 2.24) is 10.6 Å². The summed E-state index contributed by atoms with van der Waals surface area (Å²) in [5, 5.41) is 23.1. The first-order valence-electron chi connectivity index (χ1n) is 6.94. The molecule has 0 aromatic heterocycles. The molecule has 2 amide bonds. The highest BCUT2D eigenvalue weighted by Crippen LogP contribution is 2.24. The van der Waals surface area contributed by atoms with Crippen LogP contribution in [0.15, 0.2) is 24.3 Å². The predicted octanol–water partition coefficient (Wildman–Crippen LogP) is 1.78. The molecule has 4 N–H and O–H groups in total. The second-order valence-electron chi connectivity index (χ2n) is 4.77. The van der Waals surface area contributed by atoms with Crippen molar-refractivity contribution in [3.05, 3.63) is 29.8 Å². The smallest absolute Gasteiger partial charge is 0.481 e. The summed E-state index contributed by atoms with van der Waals surface area (Å²) in [6.45, 7) is 0.00193. The van der Waals surface area contributed by atoms with Crippen LogP contribution in [-0.4, -0.2) is 41.7 Å². The summed E-state index contributed by atoms with van der Waals surface area (Å²) in [5.74, 6) is -1.38. The van der Waals surface area contributed by atoms with Crippen molar-refractivity contribution >= 4 is 12.0 Å². The molecular formula is C14H17F3N2O5. The molecule has 24 heavy (non-hydrogen) atoms. The lowest BCUT2D eigenvalue weighted by molar-refractivity contribution is -0.274. The molecule has 0 fully saturated rings. The Labute approximate surface area is 135 Å². The number of hydrogen-bond donors (Lipinski definition) is 4. The zero-order chi connectivity index (χ0) is 18.2. The standard InChI is InChI=1S/C14H17F3N2O5/c15-14(16,17)24-10-5-3-9(4-6-10)11(20)8-19-13(23)18-7-1-2-12(21)22/h3-6,11,20H,1-2,7-8H2,(H,21,22)(H2,18,19,23). The lowest BCUT2D eigenvalue weighted by Gasteiger charge is -2.14. The average molecular weight is 350 g/mol. The molecule has 1 rings (SSSR count). The molecule has 134 valence electrons. The molecule has 0 aliphatic rings. The molecule has 10 heteroatoms. The molecule has 0 bridgehead atoms. The van der Waals surface area contributed by atoms with Gasteiger partial charge in [0.25, 0.3) is 0 Å². The van der Waals surface area contributed by atoms with E-state index in [4.69, 9.17) is 5.11 Å². The van der Waals surface area contributed by atoms with Crippen molar-refractivity contribution < 1.29 is 37.7 Å². The number of aliphatic hydroxyl groups is 1. The third-order valence-electron chi connectivity index (χ3n) is 2.81. The van der Waals surface area contributed by atoms with Gasteiger partial charge in [0.2, 0.25) is 0 Å². The van der Waals surface area contributed by atoms with Crippen LogP contribution in [0.1, 0.15) is 24.5 Å². The largest absolute Gasteiger partial charge is 0.573 e. The molecule has 0 spiro atoms. The lowest BCUT2D eigenvalue weighted by Crippen LogP contribution is -2.38. The predicted molar refractivity (Wildman–Crippen MR) is 76.4 cm³/mol. The summed E-state index contributed by atoms with van der Waals surface area (Å²) in [6.07, 6.45) is -5.71. The van der Waals surface area contributed by atoms with Gasteiger partial charge in [-0.05, 0) is 24.1 Å². The molecular weight excluding hydrogens is 333 g/mol. The van der Waals surface area contributed by atoms with Gasteiger partial charge in [0, 0.05) is 19.5 Å². The van der Waals surface area contributed by atoms with E-state index in [1.165, 1.54) is 12.1 Å². The Hall–Kier alpha value is -2.49. The molecule has 7 nitrogen and oxygen atoms in total. The molecule has 1 aromatic rings. The topological polar surface area (TPSA) is 108 Å². The van der Waals surface area contributed by atoms with E-state index in [9.17, 15) is 27.9 Å². The van der Waals surface area contributed by atoms with Crippen molar-refractivity contribution in [3.63, 3.8) is 0 Å². The maximum Gasteiger partial charge on any atom is 0.573 e. The number of halogens is 3. The number of amides is 2. The number of alkyl halides is 3. The van der Waals surface area contributed by atoms with E-state index in [-0.39, 0.29) is 25.9 Å². The number of benzene rings is 1. The van der Waals surface area contributed by atoms with Crippen LogP contribution < -0.4 is 15.4 Å². The molecule has 0 saturated heterocycles. The van der Waals surface area contributed by atoms with Crippen LogP contribution in [0.25, 0.3) is 0 Å². The zero-order valence-corrected chi connectivity index (χ0v) is 12.5. The molecule has 0 saturated carbocycles. The van der Waals surface area contributed by atoms with Crippen LogP contribution in [0.5, 0.6) is 5.75 Å². The van der Waals surface area contributed by atoms with E-state index in [1.807, 2.05) is 0 Å². The van der Waals surface area contributed by atoms with Gasteiger partial charge >= 0.3 is 18.4 Å². The Morgan fingerprint density at radius 2 is 1.79 bits per heavy atom. The summed E-state index contributed by atoms with van der Waals surface area (Å²) >= 11 is 0. The van der Waals surface area contributed by atoms with Crippen LogP contribution in [0.2, 0.25) is 0 Å². The van der Waals surface area contributed by atoms with Crippen LogP contribution in [0.4, 0.5) is 18.0 Å². The average Bonchev–Trinajstić information content (AvgIpc) is 2.48. The Morgan fingerprint density at radius 3 is 2.33 bits per heavy atom. The number of carboxylic acids is 1. The zero-order valence-electron chi connectivity index (χ0n) is 12.5. The minimum absolute atomic E-state index is 0.0742. The SMILES string of the molecule is O=C(O)CCCNC(=O)NCC(O)c1ccc(OC(F)(F)F)cc1. The summed E-state index contributed by atoms with van der Waals surface area (Å²) in [6, 6.07) is 4.02. The number of nitrogens with one attached hydrogen (secondary N) is 2. The summed E-state index contributed by atoms with van der Waals surface area (Å²) in [5.41, 5.74) is 0.302. The van der Waals surface area contributed by atoms with Crippen molar-refractivity contribution in [2.75, 3.05) is 13.1 Å². The van der Waals surface area contributed by atoms with Gasteiger partial charge in [-0.3, -0.25) is 4.79 Å². The number of carbonyl (C=O) groups excluding carboxylic acids is 1. The van der Waals surface area contributed by atoms with Crippen LogP contribution in [0, 0.1) is 0 Å². The third-order valence-corrected chi connectivity index (χ3v) is 2.81. The molecule has 0 heterocycles. The first kappa shape index (κ1) is 19.6. The second-order valence-corrected chi connectivity index (χ2v) is 4.77. The summed E-state index contributed by atoms with van der Waals surface area (Å²) in [4.78, 5) is 21.7.